The van der Waals surface area contributed by atoms with E-state index in [-0.39, 0.29) is 11.9 Å². The second-order valence-electron chi connectivity index (χ2n) is 6.72. The topological polar surface area (TPSA) is 56.7 Å². The lowest BCUT2D eigenvalue weighted by Crippen LogP contribution is -2.33. The number of aliphatic imine (C=N–C) groups is 1. The number of nitrogens with zero attached hydrogens (tertiary/aromatic N) is 2. The lowest BCUT2D eigenvalue weighted by Gasteiger charge is -2.26. The van der Waals surface area contributed by atoms with Gasteiger partial charge in [0, 0.05) is 24.4 Å². The Balaban J connectivity index is 1.76. The lowest BCUT2D eigenvalue weighted by atomic mass is 9.97. The first-order chi connectivity index (χ1) is 13.0. The Hall–Kier alpha value is -3.08. The van der Waals surface area contributed by atoms with Gasteiger partial charge in [0.05, 0.1) is 6.04 Å². The molecular weight excluding hydrogens is 336 g/mol. The molecule has 5 heteroatoms. The Bertz CT molecular complexity index is 863. The van der Waals surface area contributed by atoms with Crippen molar-refractivity contribution in [3.05, 3.63) is 72.2 Å². The van der Waals surface area contributed by atoms with Crippen molar-refractivity contribution >= 4 is 23.5 Å². The number of fused-ring (bicyclic) bond motifs is 1. The van der Waals surface area contributed by atoms with Crippen LogP contribution in [0.5, 0.6) is 0 Å². The highest BCUT2D eigenvalue weighted by Crippen LogP contribution is 2.29. The Morgan fingerprint density at radius 3 is 2.89 bits per heavy atom. The second kappa shape index (κ2) is 8.08. The third-order valence-electron chi connectivity index (χ3n) is 4.67. The Morgan fingerprint density at radius 2 is 2.19 bits per heavy atom. The molecule has 2 N–H and O–H groups in total. The molecule has 0 radical (unpaired) electrons. The van der Waals surface area contributed by atoms with E-state index < -0.39 is 0 Å². The third-order valence-corrected chi connectivity index (χ3v) is 4.67. The van der Waals surface area contributed by atoms with Gasteiger partial charge in [-0.2, -0.15) is 0 Å². The van der Waals surface area contributed by atoms with Crippen LogP contribution in [0.3, 0.4) is 0 Å². The van der Waals surface area contributed by atoms with Gasteiger partial charge in [-0.1, -0.05) is 37.4 Å². The molecule has 1 saturated heterocycles. The SMILES string of the molecule is C=C(/N=C(\C=C/C)N1CCCC1=O)NC(C)C1=Cc2ccccc2NC1=C. The van der Waals surface area contributed by atoms with E-state index in [1.165, 1.54) is 0 Å². The van der Waals surface area contributed by atoms with Crippen LogP contribution in [0.2, 0.25) is 0 Å². The zero-order valence-corrected chi connectivity index (χ0v) is 16.0. The average molecular weight is 362 g/mol. The molecule has 2 heterocycles. The molecule has 0 aliphatic carbocycles. The van der Waals surface area contributed by atoms with Gasteiger partial charge in [-0.15, -0.1) is 0 Å². The van der Waals surface area contributed by atoms with E-state index in [4.69, 9.17) is 0 Å². The van der Waals surface area contributed by atoms with Gasteiger partial charge in [0.25, 0.3) is 0 Å². The molecule has 27 heavy (non-hydrogen) atoms. The number of likely N-dealkylation sites (tertiary alicyclic amines) is 1. The number of benzene rings is 1. The highest BCUT2D eigenvalue weighted by atomic mass is 16.2. The number of anilines is 1. The van der Waals surface area contributed by atoms with Gasteiger partial charge in [-0.3, -0.25) is 9.69 Å². The zero-order chi connectivity index (χ0) is 19.4. The van der Waals surface area contributed by atoms with Gasteiger partial charge in [0.2, 0.25) is 5.91 Å². The fraction of sp³-hybridized carbons (Fsp3) is 0.273. The zero-order valence-electron chi connectivity index (χ0n) is 16.0. The number of rotatable bonds is 5. The number of hydrogen-bond donors (Lipinski definition) is 2. The quantitative estimate of drug-likeness (QED) is 0.614. The molecule has 5 nitrogen and oxygen atoms in total. The fourth-order valence-corrected chi connectivity index (χ4v) is 3.34. The molecule has 1 unspecified atom stereocenters. The number of allylic oxidation sites excluding steroid dienone is 1. The largest absolute Gasteiger partial charge is 0.364 e. The van der Waals surface area contributed by atoms with E-state index in [1.54, 1.807) is 4.90 Å². The number of carbonyl (C=O) groups excluding carboxylic acids is 1. The van der Waals surface area contributed by atoms with E-state index in [1.807, 2.05) is 44.2 Å². The predicted molar refractivity (Wildman–Crippen MR) is 112 cm³/mol. The summed E-state index contributed by atoms with van der Waals surface area (Å²) in [5.74, 6) is 1.25. The van der Waals surface area contributed by atoms with Crippen LogP contribution in [-0.4, -0.2) is 29.2 Å². The third kappa shape index (κ3) is 4.19. The smallest absolute Gasteiger partial charge is 0.228 e. The summed E-state index contributed by atoms with van der Waals surface area (Å²) < 4.78 is 0. The predicted octanol–water partition coefficient (Wildman–Crippen LogP) is 4.06. The average Bonchev–Trinajstić information content (AvgIpc) is 3.06. The van der Waals surface area contributed by atoms with E-state index >= 15 is 0 Å². The summed E-state index contributed by atoms with van der Waals surface area (Å²) in [6, 6.07) is 8.08. The number of nitrogens with one attached hydrogen (secondary N) is 2. The molecular formula is C22H26N4O. The first kappa shape index (κ1) is 18.7. The van der Waals surface area contributed by atoms with Gasteiger partial charge in [-0.05, 0) is 49.6 Å². The van der Waals surface area contributed by atoms with Gasteiger partial charge in [0.15, 0.2) is 0 Å². The van der Waals surface area contributed by atoms with Gasteiger partial charge in [0.1, 0.15) is 11.7 Å². The molecule has 1 aromatic rings. The van der Waals surface area contributed by atoms with Crippen molar-refractivity contribution in [2.24, 2.45) is 4.99 Å². The van der Waals surface area contributed by atoms with E-state index in [0.29, 0.717) is 24.6 Å². The van der Waals surface area contributed by atoms with Crippen molar-refractivity contribution in [1.29, 1.82) is 0 Å². The van der Waals surface area contributed by atoms with Crippen molar-refractivity contribution in [3.8, 4) is 0 Å². The van der Waals surface area contributed by atoms with Crippen LogP contribution < -0.4 is 10.6 Å². The van der Waals surface area contributed by atoms with Crippen LogP contribution in [-0.2, 0) is 4.79 Å². The minimum absolute atomic E-state index is 0.0317. The van der Waals surface area contributed by atoms with Crippen LogP contribution in [0.25, 0.3) is 6.08 Å². The molecule has 2 aliphatic heterocycles. The van der Waals surface area contributed by atoms with Crippen LogP contribution in [0.15, 0.2) is 71.7 Å². The van der Waals surface area contributed by atoms with Gasteiger partial charge >= 0.3 is 0 Å². The Labute approximate surface area is 160 Å². The maximum Gasteiger partial charge on any atom is 0.228 e. The van der Waals surface area contributed by atoms with E-state index in [2.05, 4.69) is 40.9 Å². The molecule has 3 rings (SSSR count). The Morgan fingerprint density at radius 1 is 1.41 bits per heavy atom. The Kier molecular flexibility index (Phi) is 5.60. The molecule has 140 valence electrons. The first-order valence-electron chi connectivity index (χ1n) is 9.23. The molecule has 2 aliphatic rings. The molecule has 0 spiro atoms. The monoisotopic (exact) mass is 362 g/mol. The second-order valence-corrected chi connectivity index (χ2v) is 6.72. The summed E-state index contributed by atoms with van der Waals surface area (Å²) in [4.78, 5) is 18.3. The van der Waals surface area contributed by atoms with Crippen molar-refractivity contribution in [2.75, 3.05) is 11.9 Å². The summed E-state index contributed by atoms with van der Waals surface area (Å²) in [5.41, 5.74) is 4.09. The molecule has 1 fully saturated rings. The number of amidine groups is 1. The molecule has 1 aromatic carbocycles. The molecule has 0 bridgehead atoms. The van der Waals surface area contributed by atoms with Crippen molar-refractivity contribution in [1.82, 2.24) is 10.2 Å². The summed E-state index contributed by atoms with van der Waals surface area (Å²) in [7, 11) is 0. The van der Waals surface area contributed by atoms with Crippen molar-refractivity contribution < 1.29 is 4.79 Å². The summed E-state index contributed by atoms with van der Waals surface area (Å²) in [5, 5.41) is 6.66. The van der Waals surface area contributed by atoms with E-state index in [0.717, 1.165) is 28.9 Å². The molecule has 0 saturated carbocycles. The number of carbonyl (C=O) groups is 1. The van der Waals surface area contributed by atoms with Crippen LogP contribution in [0, 0.1) is 0 Å². The molecule has 1 atom stereocenters. The maximum absolute atomic E-state index is 12.0. The standard InChI is InChI=1S/C22H26N4O/c1-5-9-21(26-13-8-12-22(26)27)25-17(4)23-15(2)19-14-18-10-6-7-11-20(18)24-16(19)3/h5-7,9-11,14-15,23-24H,3-4,8,12-13H2,1-2H3/b9-5-,25-21+. The number of hydrogen-bond acceptors (Lipinski definition) is 4. The highest BCUT2D eigenvalue weighted by molar-refractivity contribution is 6.05. The summed E-state index contributed by atoms with van der Waals surface area (Å²) in [6.07, 6.45) is 7.29. The van der Waals surface area contributed by atoms with Gasteiger partial charge in [-0.25, -0.2) is 4.99 Å². The summed E-state index contributed by atoms with van der Waals surface area (Å²) in [6.45, 7) is 12.8. The van der Waals surface area contributed by atoms with Crippen LogP contribution in [0.1, 0.15) is 32.3 Å². The number of amides is 1. The van der Waals surface area contributed by atoms with Crippen molar-refractivity contribution in [3.63, 3.8) is 0 Å². The van der Waals surface area contributed by atoms with Crippen molar-refractivity contribution in [2.45, 2.75) is 32.7 Å². The van der Waals surface area contributed by atoms with Crippen LogP contribution in [0.4, 0.5) is 5.69 Å². The highest BCUT2D eigenvalue weighted by Gasteiger charge is 2.24. The minimum atomic E-state index is -0.0317. The van der Waals surface area contributed by atoms with Crippen LogP contribution >= 0.6 is 0 Å². The first-order valence-corrected chi connectivity index (χ1v) is 9.23. The summed E-state index contributed by atoms with van der Waals surface area (Å²) >= 11 is 0. The maximum atomic E-state index is 12.0. The number of para-hydroxylation sites is 1. The normalized spacial score (nSPS) is 18.2. The van der Waals surface area contributed by atoms with E-state index in [9.17, 15) is 4.79 Å². The fourth-order valence-electron chi connectivity index (χ4n) is 3.34. The van der Waals surface area contributed by atoms with Gasteiger partial charge < -0.3 is 10.6 Å². The lowest BCUT2D eigenvalue weighted by molar-refractivity contribution is -0.124. The molecule has 0 aromatic heterocycles. The molecule has 1 amide bonds. The minimum Gasteiger partial charge on any atom is -0.364 e.